The van der Waals surface area contributed by atoms with Crippen molar-refractivity contribution >= 4 is 17.3 Å². The molecule has 0 radical (unpaired) electrons. The quantitative estimate of drug-likeness (QED) is 0.126. The predicted molar refractivity (Wildman–Crippen MR) is 195 cm³/mol. The zero-order valence-electron chi connectivity index (χ0n) is 30.1. The van der Waals surface area contributed by atoms with E-state index < -0.39 is 0 Å². The maximum atomic E-state index is 12.6. The highest BCUT2D eigenvalue weighted by Crippen LogP contribution is 2.68. The molecule has 10 atom stereocenters. The molecule has 48 heavy (non-hydrogen) atoms. The minimum absolute atomic E-state index is 0.00939. The summed E-state index contributed by atoms with van der Waals surface area (Å²) < 4.78 is 19.2. The summed E-state index contributed by atoms with van der Waals surface area (Å²) in [5.41, 5.74) is 14.3. The number of hydrogen-bond acceptors (Lipinski definition) is 6. The van der Waals surface area contributed by atoms with Crippen molar-refractivity contribution in [1.29, 1.82) is 0 Å². The van der Waals surface area contributed by atoms with E-state index in [-0.39, 0.29) is 23.6 Å². The van der Waals surface area contributed by atoms with E-state index in [2.05, 4.69) is 33.8 Å². The fourth-order valence-electron chi connectivity index (χ4n) is 11.3. The van der Waals surface area contributed by atoms with Gasteiger partial charge in [0, 0.05) is 35.8 Å². The number of carbonyl (C=O) groups excluding carboxylic acids is 1. The average molecular weight is 659 g/mol. The van der Waals surface area contributed by atoms with Gasteiger partial charge in [0.25, 0.3) is 0 Å². The Morgan fingerprint density at radius 2 is 1.52 bits per heavy atom. The van der Waals surface area contributed by atoms with Crippen molar-refractivity contribution in [3.8, 4) is 11.5 Å². The molecule has 0 amide bonds. The summed E-state index contributed by atoms with van der Waals surface area (Å²) in [7, 11) is 0. The first kappa shape index (κ1) is 35.0. The predicted octanol–water partition coefficient (Wildman–Crippen LogP) is 9.85. The van der Waals surface area contributed by atoms with Crippen LogP contribution in [0.4, 0.5) is 11.4 Å². The van der Waals surface area contributed by atoms with Crippen LogP contribution in [0.3, 0.4) is 0 Å². The van der Waals surface area contributed by atoms with E-state index in [0.29, 0.717) is 54.0 Å². The molecule has 3 unspecified atom stereocenters. The molecule has 4 N–H and O–H groups in total. The highest BCUT2D eigenvalue weighted by molar-refractivity contribution is 5.69. The number of anilines is 2. The van der Waals surface area contributed by atoms with E-state index in [0.717, 1.165) is 67.8 Å². The normalized spacial score (nSPS) is 34.7. The largest absolute Gasteiger partial charge is 0.490 e. The Morgan fingerprint density at radius 3 is 2.23 bits per heavy atom. The number of hydrogen-bond donors (Lipinski definition) is 2. The van der Waals surface area contributed by atoms with Crippen LogP contribution in [-0.2, 0) is 9.53 Å². The molecule has 0 aliphatic heterocycles. The second kappa shape index (κ2) is 14.9. The summed E-state index contributed by atoms with van der Waals surface area (Å²) in [6.45, 7) is 10.4. The molecule has 0 bridgehead atoms. The van der Waals surface area contributed by atoms with Crippen LogP contribution in [-0.4, -0.2) is 24.8 Å². The Morgan fingerprint density at radius 1 is 0.833 bits per heavy atom. The Labute approximate surface area is 290 Å². The Balaban J connectivity index is 1.16. The number of rotatable bonds is 13. The summed E-state index contributed by atoms with van der Waals surface area (Å²) in [4.78, 5) is 12.6. The number of nitrogens with two attached hydrogens (primary N) is 2. The van der Waals surface area contributed by atoms with Crippen LogP contribution in [0.2, 0.25) is 0 Å². The molecule has 2 aromatic carbocycles. The molecular weight excluding hydrogens is 596 g/mol. The SMILES string of the molecule is CCCCCCOC(=O)CC[C@@H](C)[C@H]1CC[C@H]2[C@@H]3CC(Oc4cccc(N)c4)C4CC(Oc5cccc(N)c5)CC[C@]4(C)[C@H]3CC[C@]12C. The second-order valence-corrected chi connectivity index (χ2v) is 16.6. The van der Waals surface area contributed by atoms with Crippen molar-refractivity contribution in [3.05, 3.63) is 48.5 Å². The number of ether oxygens (including phenoxy) is 3. The molecular formula is C42H62N2O4. The van der Waals surface area contributed by atoms with Gasteiger partial charge >= 0.3 is 5.97 Å². The first-order valence-corrected chi connectivity index (χ1v) is 19.3. The molecule has 4 saturated carbocycles. The smallest absolute Gasteiger partial charge is 0.305 e. The zero-order chi connectivity index (χ0) is 33.9. The van der Waals surface area contributed by atoms with Crippen LogP contribution in [0.25, 0.3) is 0 Å². The molecule has 0 spiro atoms. The number of carbonyl (C=O) groups is 1. The van der Waals surface area contributed by atoms with E-state index >= 15 is 0 Å². The Bertz CT molecular complexity index is 1380. The molecule has 6 heteroatoms. The summed E-state index contributed by atoms with van der Waals surface area (Å²) in [5.74, 6) is 5.37. The topological polar surface area (TPSA) is 96.8 Å². The van der Waals surface area contributed by atoms with Gasteiger partial charge in [-0.15, -0.1) is 0 Å². The maximum Gasteiger partial charge on any atom is 0.305 e. The summed E-state index contributed by atoms with van der Waals surface area (Å²) >= 11 is 0. The average Bonchev–Trinajstić information content (AvgIpc) is 3.41. The molecule has 6 nitrogen and oxygen atoms in total. The van der Waals surface area contributed by atoms with Crippen LogP contribution >= 0.6 is 0 Å². The van der Waals surface area contributed by atoms with Gasteiger partial charge in [0.1, 0.15) is 17.6 Å². The lowest BCUT2D eigenvalue weighted by Gasteiger charge is -2.63. The van der Waals surface area contributed by atoms with E-state index in [1.54, 1.807) is 0 Å². The van der Waals surface area contributed by atoms with Crippen molar-refractivity contribution in [1.82, 2.24) is 0 Å². The van der Waals surface area contributed by atoms with E-state index in [4.69, 9.17) is 25.7 Å². The lowest BCUT2D eigenvalue weighted by molar-refractivity contribution is -0.164. The van der Waals surface area contributed by atoms with Gasteiger partial charge in [-0.3, -0.25) is 4.79 Å². The summed E-state index contributed by atoms with van der Waals surface area (Å²) in [6, 6.07) is 15.9. The van der Waals surface area contributed by atoms with Crippen molar-refractivity contribution in [2.45, 2.75) is 130 Å². The third-order valence-corrected chi connectivity index (χ3v) is 13.7. The lowest BCUT2D eigenvalue weighted by atomic mass is 9.43. The highest BCUT2D eigenvalue weighted by atomic mass is 16.5. The molecule has 4 aliphatic rings. The van der Waals surface area contributed by atoms with Crippen LogP contribution in [0.1, 0.15) is 118 Å². The van der Waals surface area contributed by atoms with E-state index in [1.807, 2.05) is 42.5 Å². The van der Waals surface area contributed by atoms with Gasteiger partial charge in [-0.05, 0) is 129 Å². The second-order valence-electron chi connectivity index (χ2n) is 16.6. The highest BCUT2D eigenvalue weighted by Gasteiger charge is 2.63. The first-order chi connectivity index (χ1) is 23.1. The summed E-state index contributed by atoms with van der Waals surface area (Å²) in [6.07, 6.45) is 15.8. The van der Waals surface area contributed by atoms with Gasteiger partial charge in [0.15, 0.2) is 0 Å². The van der Waals surface area contributed by atoms with Crippen LogP contribution in [0, 0.1) is 46.3 Å². The number of unbranched alkanes of at least 4 members (excludes halogenated alkanes) is 3. The van der Waals surface area contributed by atoms with Crippen molar-refractivity contribution in [2.75, 3.05) is 18.1 Å². The first-order valence-electron chi connectivity index (χ1n) is 19.3. The van der Waals surface area contributed by atoms with Gasteiger partial charge in [-0.25, -0.2) is 0 Å². The molecule has 264 valence electrons. The molecule has 6 rings (SSSR count). The fourth-order valence-corrected chi connectivity index (χ4v) is 11.3. The van der Waals surface area contributed by atoms with Gasteiger partial charge in [-0.2, -0.15) is 0 Å². The third-order valence-electron chi connectivity index (χ3n) is 13.7. The molecule has 2 aromatic rings. The fraction of sp³-hybridized carbons (Fsp3) is 0.690. The zero-order valence-corrected chi connectivity index (χ0v) is 30.1. The number of benzene rings is 2. The molecule has 4 aliphatic carbocycles. The van der Waals surface area contributed by atoms with Crippen molar-refractivity contribution in [3.63, 3.8) is 0 Å². The van der Waals surface area contributed by atoms with Gasteiger partial charge in [0.05, 0.1) is 12.7 Å². The number of fused-ring (bicyclic) bond motifs is 5. The lowest BCUT2D eigenvalue weighted by Crippen LogP contribution is -2.59. The van der Waals surface area contributed by atoms with Gasteiger partial charge in [-0.1, -0.05) is 59.1 Å². The Hall–Kier alpha value is -2.89. The molecule has 4 fully saturated rings. The maximum absolute atomic E-state index is 12.6. The van der Waals surface area contributed by atoms with Crippen molar-refractivity contribution < 1.29 is 19.0 Å². The standard InChI is InChI=1S/C42H62N2O4/c1-5-6-7-8-23-46-40(45)18-15-28(2)35-16-17-36-34-27-39(48-32-14-10-12-30(44)25-32)38-26-33(47-31-13-9-11-29(43)24-31)19-21-42(38,4)37(34)20-22-41(35,36)3/h9-14,24-25,28,33-39H,5-8,15-23,26-27,43-44H2,1-4H3/t28-,33?,34+,35-,36+,37+,38?,39?,41-,42-/m1/s1. The van der Waals surface area contributed by atoms with Crippen LogP contribution in [0.15, 0.2) is 48.5 Å². The number of nitrogen functional groups attached to an aromatic ring is 2. The Kier molecular flexibility index (Phi) is 10.9. The minimum atomic E-state index is -0.00939. The van der Waals surface area contributed by atoms with Crippen LogP contribution < -0.4 is 20.9 Å². The van der Waals surface area contributed by atoms with Gasteiger partial charge in [0.2, 0.25) is 0 Å². The third kappa shape index (κ3) is 7.33. The monoisotopic (exact) mass is 658 g/mol. The molecule has 0 heterocycles. The molecule has 0 saturated heterocycles. The summed E-state index contributed by atoms with van der Waals surface area (Å²) in [5, 5.41) is 0. The van der Waals surface area contributed by atoms with Crippen molar-refractivity contribution in [2.24, 2.45) is 46.3 Å². The van der Waals surface area contributed by atoms with E-state index in [1.165, 1.54) is 38.5 Å². The molecule has 0 aromatic heterocycles. The number of esters is 1. The van der Waals surface area contributed by atoms with Gasteiger partial charge < -0.3 is 25.7 Å². The van der Waals surface area contributed by atoms with Crippen LogP contribution in [0.5, 0.6) is 11.5 Å². The minimum Gasteiger partial charge on any atom is -0.490 e. The van der Waals surface area contributed by atoms with E-state index in [9.17, 15) is 4.79 Å².